The minimum atomic E-state index is -0.401. The van der Waals surface area contributed by atoms with E-state index in [1.165, 1.54) is 0 Å². The van der Waals surface area contributed by atoms with E-state index in [-0.39, 0.29) is 23.9 Å². The number of amides is 1. The van der Waals surface area contributed by atoms with Crippen LogP contribution in [0.1, 0.15) is 40.5 Å². The van der Waals surface area contributed by atoms with Crippen molar-refractivity contribution in [1.82, 2.24) is 5.32 Å². The van der Waals surface area contributed by atoms with Gasteiger partial charge in [0.05, 0.1) is 0 Å². The highest BCUT2D eigenvalue weighted by Gasteiger charge is 2.22. The number of hydrogen-bond donors (Lipinski definition) is 2. The lowest BCUT2D eigenvalue weighted by molar-refractivity contribution is -0.133. The Kier molecular flexibility index (Phi) is 9.92. The number of nitrogens with one attached hydrogen (secondary N) is 1. The summed E-state index contributed by atoms with van der Waals surface area (Å²) in [7, 11) is 0. The molecule has 4 nitrogen and oxygen atoms in total. The Hall–Kier alpha value is -0.320. The molecule has 0 fully saturated rings. The average Bonchev–Trinajstić information content (AvgIpc) is 2.17. The van der Waals surface area contributed by atoms with Gasteiger partial charge in [0.15, 0.2) is 0 Å². The minimum absolute atomic E-state index is 0. The number of unbranched alkanes of at least 4 members (excludes halogenated alkanes) is 1. The van der Waals surface area contributed by atoms with Gasteiger partial charge in [0.25, 0.3) is 0 Å². The predicted octanol–water partition coefficient (Wildman–Crippen LogP) is 1.47. The summed E-state index contributed by atoms with van der Waals surface area (Å²) in [6.07, 6.45) is 1.66. The lowest BCUT2D eigenvalue weighted by Crippen LogP contribution is -2.52. The molecule has 0 aromatic carbocycles. The Morgan fingerprint density at radius 3 is 2.50 bits per heavy atom. The topological polar surface area (TPSA) is 64.3 Å². The van der Waals surface area contributed by atoms with Crippen molar-refractivity contribution in [1.29, 1.82) is 0 Å². The lowest BCUT2D eigenvalue weighted by Gasteiger charge is -2.26. The number of carbonyl (C=O) groups is 1. The third kappa shape index (κ3) is 7.91. The molecule has 0 saturated carbocycles. The first-order valence-corrected chi connectivity index (χ1v) is 5.56. The van der Waals surface area contributed by atoms with Crippen molar-refractivity contribution in [2.24, 2.45) is 5.73 Å². The number of hydrogen-bond acceptors (Lipinski definition) is 3. The van der Waals surface area contributed by atoms with Crippen LogP contribution in [0.25, 0.3) is 0 Å². The van der Waals surface area contributed by atoms with Crippen molar-refractivity contribution in [3.05, 3.63) is 0 Å². The molecule has 1 amide bonds. The molecule has 1 atom stereocenters. The van der Waals surface area contributed by atoms with E-state index in [1.54, 1.807) is 6.92 Å². The van der Waals surface area contributed by atoms with Gasteiger partial charge in [-0.1, -0.05) is 13.3 Å². The molecule has 0 aromatic heterocycles. The van der Waals surface area contributed by atoms with E-state index in [9.17, 15) is 4.79 Å². The molecule has 0 aliphatic carbocycles. The fourth-order valence-electron chi connectivity index (χ4n) is 0.966. The van der Waals surface area contributed by atoms with E-state index in [1.807, 2.05) is 13.8 Å². The van der Waals surface area contributed by atoms with Crippen LogP contribution in [0.2, 0.25) is 0 Å². The summed E-state index contributed by atoms with van der Waals surface area (Å²) >= 11 is 0. The Balaban J connectivity index is 0. The molecule has 0 radical (unpaired) electrons. The molecule has 0 aromatic rings. The fourth-order valence-corrected chi connectivity index (χ4v) is 0.966. The normalized spacial score (nSPS) is 12.8. The van der Waals surface area contributed by atoms with Crippen LogP contribution >= 0.6 is 12.4 Å². The summed E-state index contributed by atoms with van der Waals surface area (Å²) in [5.74, 6) is -0.0958. The second-order valence-electron chi connectivity index (χ2n) is 4.44. The van der Waals surface area contributed by atoms with E-state index in [0.717, 1.165) is 12.8 Å². The minimum Gasteiger partial charge on any atom is -0.369 e. The maximum Gasteiger partial charge on any atom is 0.249 e. The van der Waals surface area contributed by atoms with Gasteiger partial charge in [-0.25, -0.2) is 0 Å². The van der Waals surface area contributed by atoms with Gasteiger partial charge in [-0.2, -0.15) is 0 Å². The molecule has 0 spiro atoms. The van der Waals surface area contributed by atoms with Crippen LogP contribution in [0, 0.1) is 0 Å². The van der Waals surface area contributed by atoms with Crippen LogP contribution in [0.15, 0.2) is 0 Å². The Bertz CT molecular complexity index is 198. The van der Waals surface area contributed by atoms with Gasteiger partial charge in [-0.05, 0) is 27.2 Å². The molecule has 0 aliphatic heterocycles. The molecule has 0 aliphatic rings. The van der Waals surface area contributed by atoms with Crippen LogP contribution < -0.4 is 11.1 Å². The molecule has 0 heterocycles. The van der Waals surface area contributed by atoms with Gasteiger partial charge in [0, 0.05) is 18.7 Å². The van der Waals surface area contributed by atoms with Gasteiger partial charge in [0.2, 0.25) is 5.91 Å². The van der Waals surface area contributed by atoms with Crippen molar-refractivity contribution >= 4 is 18.3 Å². The zero-order valence-corrected chi connectivity index (χ0v) is 11.5. The Morgan fingerprint density at radius 1 is 1.50 bits per heavy atom. The number of rotatable bonds is 7. The monoisotopic (exact) mass is 252 g/mol. The smallest absolute Gasteiger partial charge is 0.249 e. The molecule has 0 bridgehead atoms. The summed E-state index contributed by atoms with van der Waals surface area (Å²) in [6.45, 7) is 8.69. The first-order valence-electron chi connectivity index (χ1n) is 5.56. The van der Waals surface area contributed by atoms with Gasteiger partial charge < -0.3 is 15.8 Å². The maximum atomic E-state index is 11.6. The van der Waals surface area contributed by atoms with Gasteiger partial charge >= 0.3 is 0 Å². The number of ether oxygens (including phenoxy) is 1. The van der Waals surface area contributed by atoms with Crippen molar-refractivity contribution in [2.75, 3.05) is 13.2 Å². The van der Waals surface area contributed by atoms with Crippen molar-refractivity contribution in [2.45, 2.75) is 52.2 Å². The highest BCUT2D eigenvalue weighted by Crippen LogP contribution is 2.01. The molecule has 0 saturated heterocycles. The number of halogens is 1. The molecule has 1 unspecified atom stereocenters. The SMILES string of the molecule is CCCCOC(C)C(=O)NC(C)(C)CN.Cl. The quantitative estimate of drug-likeness (QED) is 0.675. The fraction of sp³-hybridized carbons (Fsp3) is 0.909. The van der Waals surface area contributed by atoms with Crippen molar-refractivity contribution in [3.63, 3.8) is 0 Å². The van der Waals surface area contributed by atoms with E-state index in [4.69, 9.17) is 10.5 Å². The van der Waals surface area contributed by atoms with Crippen LogP contribution in [0.3, 0.4) is 0 Å². The van der Waals surface area contributed by atoms with E-state index < -0.39 is 6.10 Å². The van der Waals surface area contributed by atoms with Gasteiger partial charge in [0.1, 0.15) is 6.10 Å². The molecule has 16 heavy (non-hydrogen) atoms. The first-order chi connectivity index (χ1) is 6.93. The second kappa shape index (κ2) is 8.79. The molecule has 5 heteroatoms. The molecule has 3 N–H and O–H groups in total. The standard InChI is InChI=1S/C11H24N2O2.ClH/c1-5-6-7-15-9(2)10(14)13-11(3,4)8-12;/h9H,5-8,12H2,1-4H3,(H,13,14);1H. The van der Waals surface area contributed by atoms with E-state index in [2.05, 4.69) is 12.2 Å². The van der Waals surface area contributed by atoms with E-state index in [0.29, 0.717) is 13.2 Å². The lowest BCUT2D eigenvalue weighted by atomic mass is 10.1. The first kappa shape index (κ1) is 18.1. The summed E-state index contributed by atoms with van der Waals surface area (Å²) < 4.78 is 5.38. The zero-order valence-electron chi connectivity index (χ0n) is 10.7. The van der Waals surface area contributed by atoms with E-state index >= 15 is 0 Å². The third-order valence-electron chi connectivity index (χ3n) is 2.21. The average molecular weight is 253 g/mol. The Morgan fingerprint density at radius 2 is 2.06 bits per heavy atom. The molecule has 0 rings (SSSR count). The van der Waals surface area contributed by atoms with Gasteiger partial charge in [-0.3, -0.25) is 4.79 Å². The number of carbonyl (C=O) groups excluding carboxylic acids is 1. The third-order valence-corrected chi connectivity index (χ3v) is 2.21. The largest absolute Gasteiger partial charge is 0.369 e. The summed E-state index contributed by atoms with van der Waals surface area (Å²) in [5.41, 5.74) is 5.16. The predicted molar refractivity (Wildman–Crippen MR) is 68.8 cm³/mol. The van der Waals surface area contributed by atoms with Crippen molar-refractivity contribution in [3.8, 4) is 0 Å². The van der Waals surface area contributed by atoms with Crippen LogP contribution in [0.5, 0.6) is 0 Å². The van der Waals surface area contributed by atoms with Crippen LogP contribution in [0.4, 0.5) is 0 Å². The van der Waals surface area contributed by atoms with Crippen molar-refractivity contribution < 1.29 is 9.53 Å². The van der Waals surface area contributed by atoms with Crippen LogP contribution in [-0.2, 0) is 9.53 Å². The summed E-state index contributed by atoms with van der Waals surface area (Å²) in [4.78, 5) is 11.6. The zero-order chi connectivity index (χ0) is 11.9. The molecular weight excluding hydrogens is 228 g/mol. The molecule has 98 valence electrons. The Labute approximate surface area is 105 Å². The summed E-state index contributed by atoms with van der Waals surface area (Å²) in [6, 6.07) is 0. The highest BCUT2D eigenvalue weighted by molar-refractivity contribution is 5.85. The highest BCUT2D eigenvalue weighted by atomic mass is 35.5. The second-order valence-corrected chi connectivity index (χ2v) is 4.44. The number of nitrogens with two attached hydrogens (primary N) is 1. The van der Waals surface area contributed by atoms with Gasteiger partial charge in [-0.15, -0.1) is 12.4 Å². The summed E-state index contributed by atoms with van der Waals surface area (Å²) in [5, 5.41) is 2.84. The maximum absolute atomic E-state index is 11.6. The molecular formula is C11H25ClN2O2. The van der Waals surface area contributed by atoms with Crippen LogP contribution in [-0.4, -0.2) is 30.7 Å².